The van der Waals surface area contributed by atoms with Crippen LogP contribution in [-0.4, -0.2) is 86.9 Å². The Morgan fingerprint density at radius 2 is 0.800 bits per heavy atom. The van der Waals surface area contributed by atoms with Gasteiger partial charge in [-0.1, -0.05) is 107 Å². The van der Waals surface area contributed by atoms with Gasteiger partial charge in [0.2, 0.25) is 11.8 Å². The summed E-state index contributed by atoms with van der Waals surface area (Å²) < 4.78 is 5.56. The van der Waals surface area contributed by atoms with E-state index in [1.807, 2.05) is 18.7 Å². The van der Waals surface area contributed by atoms with E-state index in [0.717, 1.165) is 23.5 Å². The molecule has 8 nitrogen and oxygen atoms in total. The van der Waals surface area contributed by atoms with E-state index in [0.29, 0.717) is 17.7 Å². The number of quaternary nitrogens is 1. The van der Waals surface area contributed by atoms with Gasteiger partial charge in [0.05, 0.1) is 66.9 Å². The van der Waals surface area contributed by atoms with Crippen LogP contribution in [0.15, 0.2) is 127 Å². The minimum atomic E-state index is -1.63. The second-order valence-electron chi connectivity index (χ2n) is 20.0. The van der Waals surface area contributed by atoms with Crippen LogP contribution in [0.25, 0.3) is 0 Å². The summed E-state index contributed by atoms with van der Waals surface area (Å²) in [5, 5.41) is 6.47. The highest BCUT2D eigenvalue weighted by Gasteiger charge is 2.48. The highest BCUT2D eigenvalue weighted by Crippen LogP contribution is 2.62. The van der Waals surface area contributed by atoms with Crippen molar-refractivity contribution in [2.75, 3.05) is 38.1 Å². The third-order valence-electron chi connectivity index (χ3n) is 12.5. The lowest BCUT2D eigenvalue weighted by molar-refractivity contribution is -0.943. The third kappa shape index (κ3) is 28.4. The molecule has 0 aliphatic heterocycles. The molecule has 5 N–H and O–H groups in total. The van der Waals surface area contributed by atoms with Crippen molar-refractivity contribution in [2.24, 2.45) is 11.8 Å². The number of aromatic amines is 1. The van der Waals surface area contributed by atoms with Gasteiger partial charge in [-0.3, -0.25) is 4.98 Å². The summed E-state index contributed by atoms with van der Waals surface area (Å²) >= 11 is 1.73. The molecule has 0 fully saturated rings. The van der Waals surface area contributed by atoms with Crippen LogP contribution in [0.1, 0.15) is 164 Å². The fraction of sp³-hybridized carbons (Fsp3) is 0.593. The largest absolute Gasteiger partial charge is 0.870 e. The molecule has 0 amide bonds. The SMILES string of the molecule is CC(C)C.CC(C)C.CC(C)[P+](c1ccccc1)(c1ccccc1)c1ccccc1.CC(C)[n+]1cc[nH]c1.CC(C)[n+]1ccsc1.CC[N+](CC)(CC)C(C)C.CC[P+](CC)(CC)C(C)C.[OH-].[OH-].[OH-].[OH-]. The molecule has 3 aromatic carbocycles. The van der Waals surface area contributed by atoms with Crippen LogP contribution >= 0.6 is 25.9 Å². The maximum Gasteiger partial charge on any atom is 0.241 e. The molecule has 0 atom stereocenters. The van der Waals surface area contributed by atoms with Gasteiger partial charge in [0, 0.05) is 7.26 Å². The van der Waals surface area contributed by atoms with Crippen LogP contribution in [0.2, 0.25) is 0 Å². The Hall–Kier alpha value is -2.84. The van der Waals surface area contributed by atoms with Crippen LogP contribution in [0.5, 0.6) is 0 Å². The summed E-state index contributed by atoms with van der Waals surface area (Å²) in [4.78, 5) is 2.97. The number of nitrogens with one attached hydrogen (secondary N) is 1. The van der Waals surface area contributed by atoms with E-state index in [2.05, 4.69) is 275 Å². The third-order valence-corrected chi connectivity index (χ3v) is 24.0. The zero-order valence-electron chi connectivity index (χ0n) is 48.8. The molecule has 2 aromatic heterocycles. The zero-order valence-corrected chi connectivity index (χ0v) is 51.4. The molecule has 0 spiro atoms. The molecule has 406 valence electrons. The maximum atomic E-state index is 2.97. The average Bonchev–Trinajstić information content (AvgIpc) is 4.04. The summed E-state index contributed by atoms with van der Waals surface area (Å²) in [7, 11) is -2.14. The van der Waals surface area contributed by atoms with E-state index in [-0.39, 0.29) is 21.9 Å². The lowest BCUT2D eigenvalue weighted by atomic mass is 10.2. The highest BCUT2D eigenvalue weighted by molar-refractivity contribution is 7.96. The van der Waals surface area contributed by atoms with Crippen LogP contribution in [0, 0.1) is 11.8 Å². The minimum Gasteiger partial charge on any atom is -0.870 e. The molecule has 0 bridgehead atoms. The molecule has 0 aliphatic carbocycles. The molecule has 11 heteroatoms. The summed E-state index contributed by atoms with van der Waals surface area (Å²) in [6.45, 7) is 53.5. The maximum absolute atomic E-state index is 2.97. The summed E-state index contributed by atoms with van der Waals surface area (Å²) in [5.74, 6) is 1.67. The van der Waals surface area contributed by atoms with Crippen LogP contribution in [-0.2, 0) is 0 Å². The van der Waals surface area contributed by atoms with E-state index in [4.69, 9.17) is 0 Å². The highest BCUT2D eigenvalue weighted by atomic mass is 32.1. The van der Waals surface area contributed by atoms with Crippen LogP contribution < -0.4 is 25.0 Å². The number of thiazole rings is 1. The Labute approximate surface area is 438 Å². The van der Waals surface area contributed by atoms with Gasteiger partial charge in [0.15, 0.2) is 12.2 Å². The van der Waals surface area contributed by atoms with Gasteiger partial charge in [-0.05, 0) is 159 Å². The van der Waals surface area contributed by atoms with E-state index in [1.165, 1.54) is 58.5 Å². The predicted molar refractivity (Wildman–Crippen MR) is 316 cm³/mol. The Kier molecular flexibility index (Phi) is 49.1. The van der Waals surface area contributed by atoms with Gasteiger partial charge >= 0.3 is 0 Å². The zero-order chi connectivity index (χ0) is 50.9. The van der Waals surface area contributed by atoms with Gasteiger partial charge in [0.1, 0.15) is 35.6 Å². The van der Waals surface area contributed by atoms with Gasteiger partial charge in [-0.2, -0.15) is 4.57 Å². The van der Waals surface area contributed by atoms with E-state index in [1.54, 1.807) is 11.3 Å². The van der Waals surface area contributed by atoms with Crippen molar-refractivity contribution in [3.63, 3.8) is 0 Å². The first-order valence-corrected chi connectivity index (χ1v) is 31.0. The van der Waals surface area contributed by atoms with Crippen molar-refractivity contribution in [1.82, 2.24) is 4.98 Å². The summed E-state index contributed by atoms with van der Waals surface area (Å²) in [6, 6.07) is 35.1. The molecular formula is C59H111N4O4P2S+. The smallest absolute Gasteiger partial charge is 0.241 e. The van der Waals surface area contributed by atoms with E-state index < -0.39 is 14.5 Å². The molecular weight excluding hydrogens is 923 g/mol. The number of imidazole rings is 1. The fourth-order valence-electron chi connectivity index (χ4n) is 8.03. The number of nitrogens with zero attached hydrogens (tertiary/aromatic N) is 3. The monoisotopic (exact) mass is 1030 g/mol. The molecule has 0 saturated heterocycles. The molecule has 2 heterocycles. The molecule has 0 unspecified atom stereocenters. The van der Waals surface area contributed by atoms with Crippen molar-refractivity contribution in [1.29, 1.82) is 0 Å². The van der Waals surface area contributed by atoms with Gasteiger partial charge in [0.25, 0.3) is 0 Å². The molecule has 70 heavy (non-hydrogen) atoms. The topological polar surface area (TPSA) is 144 Å². The van der Waals surface area contributed by atoms with Crippen LogP contribution in [0.4, 0.5) is 0 Å². The van der Waals surface area contributed by atoms with Crippen molar-refractivity contribution in [3.8, 4) is 0 Å². The first kappa shape index (κ1) is 78.6. The second-order valence-corrected chi connectivity index (χ2v) is 30.2. The predicted octanol–water partition coefficient (Wildman–Crippen LogP) is 15.2. The number of hydrogen-bond acceptors (Lipinski definition) is 5. The quantitative estimate of drug-likeness (QED) is 0.0671. The fourth-order valence-corrected chi connectivity index (χ4v) is 16.9. The number of aromatic nitrogens is 3. The standard InChI is InChI=1S/C21H22P.C9H22N.C9H22P.C6H10N2.C6H10NS.2C4H10.4H2O/c1-18(2)22(19-12-6-3-7-13-19,20-14-8-4-9-15-20)21-16-10-5-11-17-21;2*1-6-10(7-2,8-3)9(4)5;1-6(2)8-4-3-7-5-8;1-6(2)7-3-4-8-5-7;2*1-4(2)3;;;;/h3-18H,1-2H3;2*9H,6-8H2,1-5H3;2*3-6H,1-2H3;2*4H,1-3H3;4*1H2/q3*+1;;+1;;;;;;/p-3. The Morgan fingerprint density at radius 3 is 0.929 bits per heavy atom. The van der Waals surface area contributed by atoms with Crippen molar-refractivity contribution >= 4 is 41.8 Å². The average molecular weight is 1030 g/mol. The normalized spacial score (nSPS) is 10.6. The molecule has 0 saturated carbocycles. The summed E-state index contributed by atoms with van der Waals surface area (Å²) in [5.41, 5.74) is 3.62. The van der Waals surface area contributed by atoms with Crippen LogP contribution in [0.3, 0.4) is 0 Å². The van der Waals surface area contributed by atoms with E-state index in [9.17, 15) is 0 Å². The number of H-pyrrole nitrogens is 1. The Balaban J connectivity index is -0.000000184. The lowest BCUT2D eigenvalue weighted by Gasteiger charge is -2.39. The Bertz CT molecular complexity index is 1600. The number of hydrogen-bond donors (Lipinski definition) is 1. The molecule has 5 aromatic rings. The van der Waals surface area contributed by atoms with Gasteiger partial charge in [-0.25, -0.2) is 4.57 Å². The number of benzene rings is 3. The first-order valence-electron chi connectivity index (χ1n) is 25.8. The van der Waals surface area contributed by atoms with Gasteiger partial charge < -0.3 is 26.4 Å². The minimum absolute atomic E-state index is 0. The first-order chi connectivity index (χ1) is 31.1. The van der Waals surface area contributed by atoms with Crippen molar-refractivity contribution < 1.29 is 35.5 Å². The van der Waals surface area contributed by atoms with Gasteiger partial charge in [-0.15, -0.1) is 0 Å². The number of rotatable bonds is 14. The summed E-state index contributed by atoms with van der Waals surface area (Å²) in [6.07, 6.45) is 12.3. The Morgan fingerprint density at radius 1 is 0.471 bits per heavy atom. The molecule has 5 rings (SSSR count). The second kappa shape index (κ2) is 43.7. The molecule has 0 radical (unpaired) electrons. The van der Waals surface area contributed by atoms with Crippen molar-refractivity contribution in [3.05, 3.63) is 127 Å². The van der Waals surface area contributed by atoms with E-state index >= 15 is 0 Å². The lowest BCUT2D eigenvalue weighted by Crippen LogP contribution is -2.52. The van der Waals surface area contributed by atoms with Crippen molar-refractivity contribution in [2.45, 2.75) is 182 Å². The molecule has 0 aliphatic rings.